The third-order valence-electron chi connectivity index (χ3n) is 3.92. The van der Waals surface area contributed by atoms with Crippen LogP contribution in [0.2, 0.25) is 5.02 Å². The summed E-state index contributed by atoms with van der Waals surface area (Å²) in [6, 6.07) is 11.3. The first-order valence-corrected chi connectivity index (χ1v) is 11.5. The summed E-state index contributed by atoms with van der Waals surface area (Å²) < 4.78 is 64.0. The third-order valence-corrected chi connectivity index (χ3v) is 6.26. The number of anilines is 2. The van der Waals surface area contributed by atoms with Crippen molar-refractivity contribution in [1.29, 1.82) is 0 Å². The van der Waals surface area contributed by atoms with Crippen LogP contribution in [-0.2, 0) is 21.0 Å². The lowest BCUT2D eigenvalue weighted by Crippen LogP contribution is -2.37. The number of sulfonamides is 1. The monoisotopic (exact) mass is 490 g/mol. The van der Waals surface area contributed by atoms with Crippen LogP contribution in [0.5, 0.6) is 0 Å². The highest BCUT2D eigenvalue weighted by atomic mass is 35.5. The summed E-state index contributed by atoms with van der Waals surface area (Å²) in [5, 5.41) is 10.6. The Kier molecular flexibility index (Phi) is 6.53. The van der Waals surface area contributed by atoms with Crippen LogP contribution in [0.1, 0.15) is 5.56 Å². The molecule has 0 saturated carbocycles. The fourth-order valence-corrected chi connectivity index (χ4v) is 4.42. The molecule has 2 aromatic carbocycles. The number of halogens is 4. The van der Waals surface area contributed by atoms with Crippen molar-refractivity contribution in [3.63, 3.8) is 0 Å². The van der Waals surface area contributed by atoms with E-state index in [-0.39, 0.29) is 10.2 Å². The molecular weight excluding hydrogens is 477 g/mol. The number of hydrogen-bond donors (Lipinski definition) is 1. The van der Waals surface area contributed by atoms with Crippen molar-refractivity contribution in [2.24, 2.45) is 0 Å². The fraction of sp³-hybridized carbons (Fsp3) is 0.167. The first kappa shape index (κ1) is 23.0. The molecule has 0 bridgehead atoms. The summed E-state index contributed by atoms with van der Waals surface area (Å²) in [6.07, 6.45) is -3.96. The molecule has 0 aliphatic rings. The number of carbonyl (C=O) groups excluding carboxylic acids is 1. The summed E-state index contributed by atoms with van der Waals surface area (Å²) in [7, 11) is -4.14. The second-order valence-corrected chi connectivity index (χ2v) is 9.55. The van der Waals surface area contributed by atoms with Crippen molar-refractivity contribution >= 4 is 49.7 Å². The van der Waals surface area contributed by atoms with Crippen LogP contribution in [0.25, 0.3) is 10.6 Å². The third kappa shape index (κ3) is 5.71. The molecule has 164 valence electrons. The second kappa shape index (κ2) is 8.81. The molecule has 1 amide bonds. The van der Waals surface area contributed by atoms with Gasteiger partial charge in [0.15, 0.2) is 0 Å². The highest BCUT2D eigenvalue weighted by molar-refractivity contribution is 7.92. The van der Waals surface area contributed by atoms with Gasteiger partial charge in [-0.15, -0.1) is 10.2 Å². The Balaban J connectivity index is 1.83. The van der Waals surface area contributed by atoms with Crippen LogP contribution in [-0.4, -0.2) is 37.3 Å². The van der Waals surface area contributed by atoms with Crippen LogP contribution >= 0.6 is 22.9 Å². The molecule has 1 N–H and O–H groups in total. The number of carbonyl (C=O) groups is 1. The summed E-state index contributed by atoms with van der Waals surface area (Å²) >= 11 is 6.99. The minimum Gasteiger partial charge on any atom is -0.299 e. The molecular formula is C18H14ClF3N4O3S2. The van der Waals surface area contributed by atoms with Gasteiger partial charge in [0, 0.05) is 5.56 Å². The molecule has 0 spiro atoms. The Morgan fingerprint density at radius 2 is 1.84 bits per heavy atom. The van der Waals surface area contributed by atoms with Gasteiger partial charge in [-0.2, -0.15) is 13.2 Å². The van der Waals surface area contributed by atoms with Crippen LogP contribution in [0, 0.1) is 0 Å². The van der Waals surface area contributed by atoms with Gasteiger partial charge in [-0.05, 0) is 18.2 Å². The van der Waals surface area contributed by atoms with E-state index in [0.717, 1.165) is 35.3 Å². The van der Waals surface area contributed by atoms with Crippen LogP contribution < -0.4 is 9.62 Å². The number of rotatable bonds is 6. The van der Waals surface area contributed by atoms with E-state index in [1.807, 2.05) is 6.07 Å². The SMILES string of the molecule is CS(=O)(=O)N(CC(=O)Nc1nnc(-c2ccccc2)s1)c1cc(C(F)(F)F)ccc1Cl. The van der Waals surface area contributed by atoms with Gasteiger partial charge in [-0.25, -0.2) is 8.42 Å². The molecule has 1 aromatic heterocycles. The van der Waals surface area contributed by atoms with Crippen molar-refractivity contribution in [3.05, 3.63) is 59.1 Å². The largest absolute Gasteiger partial charge is 0.416 e. The lowest BCUT2D eigenvalue weighted by atomic mass is 10.2. The topological polar surface area (TPSA) is 92.3 Å². The van der Waals surface area contributed by atoms with Gasteiger partial charge in [0.2, 0.25) is 21.1 Å². The molecule has 0 radical (unpaired) electrons. The first-order valence-electron chi connectivity index (χ1n) is 8.48. The van der Waals surface area contributed by atoms with E-state index >= 15 is 0 Å². The summed E-state index contributed by atoms with van der Waals surface area (Å²) in [5.74, 6) is -0.824. The average Bonchev–Trinajstić information content (AvgIpc) is 3.14. The molecule has 0 fully saturated rings. The van der Waals surface area contributed by atoms with E-state index in [2.05, 4.69) is 15.5 Å². The number of alkyl halides is 3. The molecule has 1 heterocycles. The smallest absolute Gasteiger partial charge is 0.299 e. The molecule has 3 aromatic rings. The Morgan fingerprint density at radius 3 is 2.45 bits per heavy atom. The highest BCUT2D eigenvalue weighted by Gasteiger charge is 2.33. The van der Waals surface area contributed by atoms with Crippen LogP contribution in [0.15, 0.2) is 48.5 Å². The molecule has 0 atom stereocenters. The predicted octanol–water partition coefficient (Wildman–Crippen LogP) is 4.28. The first-order chi connectivity index (χ1) is 14.4. The normalized spacial score (nSPS) is 11.9. The number of nitrogens with zero attached hydrogens (tertiary/aromatic N) is 3. The van der Waals surface area contributed by atoms with E-state index in [9.17, 15) is 26.4 Å². The van der Waals surface area contributed by atoms with Crippen molar-refractivity contribution in [2.45, 2.75) is 6.18 Å². The molecule has 0 aliphatic heterocycles. The predicted molar refractivity (Wildman–Crippen MR) is 113 cm³/mol. The van der Waals surface area contributed by atoms with Crippen molar-refractivity contribution in [3.8, 4) is 10.6 Å². The van der Waals surface area contributed by atoms with Gasteiger partial charge in [-0.3, -0.25) is 14.4 Å². The molecule has 31 heavy (non-hydrogen) atoms. The van der Waals surface area contributed by atoms with Gasteiger partial charge in [0.05, 0.1) is 22.5 Å². The Hall–Kier alpha value is -2.70. The Morgan fingerprint density at radius 1 is 1.16 bits per heavy atom. The Labute approximate surface area is 184 Å². The Bertz CT molecular complexity index is 1200. The lowest BCUT2D eigenvalue weighted by molar-refractivity contribution is -0.137. The van der Waals surface area contributed by atoms with Crippen molar-refractivity contribution < 1.29 is 26.4 Å². The van der Waals surface area contributed by atoms with Crippen molar-refractivity contribution in [2.75, 3.05) is 22.4 Å². The van der Waals surface area contributed by atoms with Gasteiger partial charge >= 0.3 is 6.18 Å². The maximum absolute atomic E-state index is 13.0. The molecule has 3 rings (SSSR count). The lowest BCUT2D eigenvalue weighted by Gasteiger charge is -2.23. The zero-order valence-electron chi connectivity index (χ0n) is 15.7. The summed E-state index contributed by atoms with van der Waals surface area (Å²) in [4.78, 5) is 12.4. The minimum absolute atomic E-state index is 0.104. The second-order valence-electron chi connectivity index (χ2n) is 6.26. The average molecular weight is 491 g/mol. The van der Waals surface area contributed by atoms with E-state index in [1.165, 1.54) is 0 Å². The molecule has 7 nitrogen and oxygen atoms in total. The van der Waals surface area contributed by atoms with Crippen molar-refractivity contribution in [1.82, 2.24) is 10.2 Å². The maximum Gasteiger partial charge on any atom is 0.416 e. The zero-order chi connectivity index (χ0) is 22.8. The van der Waals surface area contributed by atoms with Gasteiger partial charge < -0.3 is 0 Å². The fourth-order valence-electron chi connectivity index (χ4n) is 2.52. The number of nitrogens with one attached hydrogen (secondary N) is 1. The summed E-state index contributed by atoms with van der Waals surface area (Å²) in [6.45, 7) is -0.805. The molecule has 0 saturated heterocycles. The zero-order valence-corrected chi connectivity index (χ0v) is 18.1. The standard InChI is InChI=1S/C18H14ClF3N4O3S2/c1-31(28,29)26(14-9-12(18(20,21)22)7-8-13(14)19)10-15(27)23-17-25-24-16(30-17)11-5-3-2-4-6-11/h2-9H,10H2,1H3,(H,23,25,27). The van der Waals surface area contributed by atoms with E-state index in [1.54, 1.807) is 24.3 Å². The number of hydrogen-bond acceptors (Lipinski definition) is 6. The van der Waals surface area contributed by atoms with Crippen LogP contribution in [0.3, 0.4) is 0 Å². The van der Waals surface area contributed by atoms with Crippen LogP contribution in [0.4, 0.5) is 24.0 Å². The van der Waals surface area contributed by atoms with Gasteiger partial charge in [-0.1, -0.05) is 53.3 Å². The van der Waals surface area contributed by atoms with Gasteiger partial charge in [0.25, 0.3) is 0 Å². The maximum atomic E-state index is 13.0. The number of benzene rings is 2. The number of amides is 1. The van der Waals surface area contributed by atoms with Gasteiger partial charge in [0.1, 0.15) is 11.6 Å². The highest BCUT2D eigenvalue weighted by Crippen LogP contribution is 2.36. The number of aromatic nitrogens is 2. The van der Waals surface area contributed by atoms with E-state index in [0.29, 0.717) is 15.4 Å². The summed E-state index contributed by atoms with van der Waals surface area (Å²) in [5.41, 5.74) is -0.789. The molecule has 13 heteroatoms. The molecule has 0 unspecified atom stereocenters. The molecule has 0 aliphatic carbocycles. The van der Waals surface area contributed by atoms with E-state index < -0.39 is 39.9 Å². The minimum atomic E-state index is -4.72. The van der Waals surface area contributed by atoms with E-state index in [4.69, 9.17) is 11.6 Å². The quantitative estimate of drug-likeness (QED) is 0.556.